The second-order valence-electron chi connectivity index (χ2n) is 3.24. The van der Waals surface area contributed by atoms with Crippen molar-refractivity contribution in [2.75, 3.05) is 6.26 Å². The van der Waals surface area contributed by atoms with Crippen molar-refractivity contribution in [1.82, 2.24) is 9.97 Å². The normalized spacial score (nSPS) is 15.5. The summed E-state index contributed by atoms with van der Waals surface area (Å²) in [5.41, 5.74) is 0.877. The smallest absolute Gasteiger partial charge is 0.373 e. The van der Waals surface area contributed by atoms with Crippen LogP contribution in [0.1, 0.15) is 35.1 Å². The molecule has 4 nitrogen and oxygen atoms in total. The zero-order valence-corrected chi connectivity index (χ0v) is 8.54. The molecule has 0 saturated heterocycles. The lowest BCUT2D eigenvalue weighted by molar-refractivity contribution is 0.0682. The molecule has 0 bridgehead atoms. The lowest BCUT2D eigenvalue weighted by atomic mass is 10.3. The summed E-state index contributed by atoms with van der Waals surface area (Å²) in [4.78, 5) is 18.7. The van der Waals surface area contributed by atoms with E-state index >= 15 is 0 Å². The molecule has 1 heterocycles. The van der Waals surface area contributed by atoms with Crippen molar-refractivity contribution in [3.63, 3.8) is 0 Å². The molecule has 1 saturated carbocycles. The zero-order chi connectivity index (χ0) is 10.1. The number of hydrogen-bond donors (Lipinski definition) is 1. The predicted molar refractivity (Wildman–Crippen MR) is 52.7 cm³/mol. The van der Waals surface area contributed by atoms with Crippen molar-refractivity contribution < 1.29 is 9.90 Å². The van der Waals surface area contributed by atoms with Gasteiger partial charge in [-0.3, -0.25) is 0 Å². The molecule has 0 atom stereocenters. The van der Waals surface area contributed by atoms with Gasteiger partial charge >= 0.3 is 5.97 Å². The first-order valence-corrected chi connectivity index (χ1v) is 5.59. The first kappa shape index (κ1) is 9.45. The maximum Gasteiger partial charge on any atom is 0.373 e. The molecule has 1 aromatic rings. The van der Waals surface area contributed by atoms with Crippen LogP contribution in [0.2, 0.25) is 0 Å². The van der Waals surface area contributed by atoms with Crippen molar-refractivity contribution in [1.29, 1.82) is 0 Å². The minimum atomic E-state index is -1.05. The number of carboxylic acids is 1. The van der Waals surface area contributed by atoms with Crippen LogP contribution in [-0.4, -0.2) is 27.3 Å². The minimum Gasteiger partial charge on any atom is -0.475 e. The van der Waals surface area contributed by atoms with Crippen LogP contribution in [0.15, 0.2) is 11.1 Å². The van der Waals surface area contributed by atoms with Crippen molar-refractivity contribution in [2.24, 2.45) is 0 Å². The van der Waals surface area contributed by atoms with Gasteiger partial charge in [0, 0.05) is 11.6 Å². The van der Waals surface area contributed by atoms with Crippen LogP contribution in [-0.2, 0) is 0 Å². The highest BCUT2D eigenvalue weighted by molar-refractivity contribution is 7.98. The molecule has 2 rings (SSSR count). The molecule has 0 aromatic carbocycles. The number of hydrogen-bond acceptors (Lipinski definition) is 4. The molecule has 74 valence electrons. The third-order valence-electron chi connectivity index (χ3n) is 2.12. The fraction of sp³-hybridized carbons (Fsp3) is 0.444. The van der Waals surface area contributed by atoms with Crippen molar-refractivity contribution in [3.8, 4) is 0 Å². The van der Waals surface area contributed by atoms with E-state index in [1.165, 1.54) is 11.8 Å². The second kappa shape index (κ2) is 3.57. The molecule has 0 amide bonds. The van der Waals surface area contributed by atoms with E-state index in [2.05, 4.69) is 9.97 Å². The molecule has 1 fully saturated rings. The summed E-state index contributed by atoms with van der Waals surface area (Å²) in [6.45, 7) is 0. The van der Waals surface area contributed by atoms with E-state index in [9.17, 15) is 4.79 Å². The third-order valence-corrected chi connectivity index (χ3v) is 2.75. The highest BCUT2D eigenvalue weighted by atomic mass is 32.2. The Morgan fingerprint density at radius 2 is 2.29 bits per heavy atom. The molecule has 0 radical (unpaired) electrons. The van der Waals surface area contributed by atoms with E-state index in [1.807, 2.05) is 12.3 Å². The molecular formula is C9H10N2O2S. The SMILES string of the molecule is CSc1cc(C2CC2)nc(C(=O)O)n1. The number of aromatic nitrogens is 2. The Morgan fingerprint density at radius 3 is 2.79 bits per heavy atom. The van der Waals surface area contributed by atoms with Gasteiger partial charge in [-0.15, -0.1) is 11.8 Å². The molecule has 14 heavy (non-hydrogen) atoms. The summed E-state index contributed by atoms with van der Waals surface area (Å²) in [6.07, 6.45) is 4.11. The lowest BCUT2D eigenvalue weighted by Crippen LogP contribution is -2.06. The lowest BCUT2D eigenvalue weighted by Gasteiger charge is -2.02. The quantitative estimate of drug-likeness (QED) is 0.608. The van der Waals surface area contributed by atoms with E-state index in [4.69, 9.17) is 5.11 Å². The number of nitrogens with zero attached hydrogens (tertiary/aromatic N) is 2. The molecule has 1 aromatic heterocycles. The maximum atomic E-state index is 10.7. The Labute approximate surface area is 85.8 Å². The molecule has 1 aliphatic rings. The number of carboxylic acid groups (broad SMARTS) is 1. The van der Waals surface area contributed by atoms with Crippen molar-refractivity contribution in [2.45, 2.75) is 23.8 Å². The Bertz CT molecular complexity index is 377. The molecular weight excluding hydrogens is 200 g/mol. The second-order valence-corrected chi connectivity index (χ2v) is 4.06. The number of rotatable bonds is 3. The maximum absolute atomic E-state index is 10.7. The Hall–Kier alpha value is -1.10. The summed E-state index contributed by atoms with van der Waals surface area (Å²) in [6, 6.07) is 1.88. The Kier molecular flexibility index (Phi) is 2.41. The van der Waals surface area contributed by atoms with Gasteiger partial charge in [-0.05, 0) is 25.2 Å². The van der Waals surface area contributed by atoms with Gasteiger partial charge in [0.1, 0.15) is 5.03 Å². The van der Waals surface area contributed by atoms with Crippen molar-refractivity contribution >= 4 is 17.7 Å². The van der Waals surface area contributed by atoms with Gasteiger partial charge in [-0.2, -0.15) is 0 Å². The van der Waals surface area contributed by atoms with Gasteiger partial charge in [0.25, 0.3) is 0 Å². The summed E-state index contributed by atoms with van der Waals surface area (Å²) in [5.74, 6) is -0.677. The topological polar surface area (TPSA) is 63.1 Å². The van der Waals surface area contributed by atoms with Crippen LogP contribution < -0.4 is 0 Å². The monoisotopic (exact) mass is 210 g/mol. The van der Waals surface area contributed by atoms with Crippen LogP contribution in [0.4, 0.5) is 0 Å². The molecule has 5 heteroatoms. The first-order chi connectivity index (χ1) is 6.70. The van der Waals surface area contributed by atoms with E-state index < -0.39 is 5.97 Å². The summed E-state index contributed by atoms with van der Waals surface area (Å²) in [5, 5.41) is 9.53. The first-order valence-electron chi connectivity index (χ1n) is 4.37. The predicted octanol–water partition coefficient (Wildman–Crippen LogP) is 1.77. The van der Waals surface area contributed by atoms with Gasteiger partial charge in [0.2, 0.25) is 5.82 Å². The van der Waals surface area contributed by atoms with E-state index in [0.29, 0.717) is 5.92 Å². The van der Waals surface area contributed by atoms with Gasteiger partial charge in [-0.1, -0.05) is 0 Å². The summed E-state index contributed by atoms with van der Waals surface area (Å²) < 4.78 is 0. The van der Waals surface area contributed by atoms with Crippen LogP contribution in [0.25, 0.3) is 0 Å². The zero-order valence-electron chi connectivity index (χ0n) is 7.73. The fourth-order valence-electron chi connectivity index (χ4n) is 1.23. The van der Waals surface area contributed by atoms with Gasteiger partial charge in [0.05, 0.1) is 0 Å². The molecule has 0 aliphatic heterocycles. The summed E-state index contributed by atoms with van der Waals surface area (Å²) >= 11 is 1.45. The average Bonchev–Trinajstić information content (AvgIpc) is 3.00. The minimum absolute atomic E-state index is 0.0845. The van der Waals surface area contributed by atoms with Crippen molar-refractivity contribution in [3.05, 3.63) is 17.6 Å². The van der Waals surface area contributed by atoms with E-state index in [1.54, 1.807) is 0 Å². The molecule has 1 N–H and O–H groups in total. The highest BCUT2D eigenvalue weighted by Crippen LogP contribution is 2.39. The van der Waals surface area contributed by atoms with Gasteiger partial charge in [0.15, 0.2) is 0 Å². The molecule has 0 spiro atoms. The van der Waals surface area contributed by atoms with E-state index in [-0.39, 0.29) is 5.82 Å². The van der Waals surface area contributed by atoms with Crippen LogP contribution in [0, 0.1) is 0 Å². The molecule has 1 aliphatic carbocycles. The molecule has 0 unspecified atom stereocenters. The highest BCUT2D eigenvalue weighted by Gasteiger charge is 2.26. The van der Waals surface area contributed by atoms with Crippen LogP contribution in [0.5, 0.6) is 0 Å². The number of aromatic carboxylic acids is 1. The number of thioether (sulfide) groups is 1. The Balaban J connectivity index is 2.40. The third kappa shape index (κ3) is 1.87. The average molecular weight is 210 g/mol. The summed E-state index contributed by atoms with van der Waals surface area (Å²) in [7, 11) is 0. The van der Waals surface area contributed by atoms with Crippen LogP contribution >= 0.6 is 11.8 Å². The number of carbonyl (C=O) groups is 1. The Morgan fingerprint density at radius 1 is 1.57 bits per heavy atom. The van der Waals surface area contributed by atoms with Crippen LogP contribution in [0.3, 0.4) is 0 Å². The van der Waals surface area contributed by atoms with E-state index in [0.717, 1.165) is 23.6 Å². The van der Waals surface area contributed by atoms with Gasteiger partial charge in [-0.25, -0.2) is 14.8 Å². The fourth-order valence-corrected chi connectivity index (χ4v) is 1.65. The largest absolute Gasteiger partial charge is 0.475 e. The van der Waals surface area contributed by atoms with Gasteiger partial charge < -0.3 is 5.11 Å². The standard InChI is InChI=1S/C9H10N2O2S/c1-14-7-4-6(5-2-3-5)10-8(11-7)9(12)13/h4-5H,2-3H2,1H3,(H,12,13).